The maximum Gasteiger partial charge on any atom is 0.0683 e. The van der Waals surface area contributed by atoms with E-state index in [2.05, 4.69) is 60.2 Å². The van der Waals surface area contributed by atoms with Crippen molar-refractivity contribution >= 4 is 35.1 Å². The van der Waals surface area contributed by atoms with Gasteiger partial charge in [0.1, 0.15) is 0 Å². The third-order valence-electron chi connectivity index (χ3n) is 8.35. The number of piperidine rings is 1. The molecule has 0 amide bonds. The lowest BCUT2D eigenvalue weighted by Crippen LogP contribution is -2.59. The number of rotatable bonds is 7. The van der Waals surface area contributed by atoms with Gasteiger partial charge in [-0.2, -0.15) is 0 Å². The molecule has 2 aromatic carbocycles. The number of fused-ring (bicyclic) bond motifs is 2. The fourth-order valence-corrected chi connectivity index (χ4v) is 7.07. The van der Waals surface area contributed by atoms with Crippen LogP contribution in [0, 0.1) is 0 Å². The Morgan fingerprint density at radius 1 is 1.08 bits per heavy atom. The van der Waals surface area contributed by atoms with Crippen LogP contribution < -0.4 is 0 Å². The van der Waals surface area contributed by atoms with Gasteiger partial charge < -0.3 is 4.74 Å². The van der Waals surface area contributed by atoms with E-state index in [1.54, 1.807) is 0 Å². The quantitative estimate of drug-likeness (QED) is 0.368. The van der Waals surface area contributed by atoms with Gasteiger partial charge in [0, 0.05) is 47.9 Å². The van der Waals surface area contributed by atoms with Crippen molar-refractivity contribution in [2.75, 3.05) is 45.9 Å². The Bertz CT molecular complexity index is 1130. The van der Waals surface area contributed by atoms with Gasteiger partial charge in [-0.25, -0.2) is 0 Å². The van der Waals surface area contributed by atoms with Crippen LogP contribution in [0.3, 0.4) is 0 Å². The molecule has 2 saturated heterocycles. The second kappa shape index (κ2) is 11.4. The largest absolute Gasteiger partial charge is 0.379 e. The van der Waals surface area contributed by atoms with E-state index in [-0.39, 0.29) is 17.4 Å². The first-order valence-corrected chi connectivity index (χ1v) is 14.1. The van der Waals surface area contributed by atoms with Crippen molar-refractivity contribution in [3.05, 3.63) is 75.3 Å². The van der Waals surface area contributed by atoms with Crippen LogP contribution in [0.5, 0.6) is 0 Å². The lowest BCUT2D eigenvalue weighted by molar-refractivity contribution is 0.0335. The van der Waals surface area contributed by atoms with Gasteiger partial charge in [-0.1, -0.05) is 60.0 Å². The minimum atomic E-state index is -0.264. The van der Waals surface area contributed by atoms with E-state index in [4.69, 9.17) is 32.9 Å². The van der Waals surface area contributed by atoms with E-state index in [0.29, 0.717) is 0 Å². The molecule has 0 radical (unpaired) electrons. The third kappa shape index (κ3) is 4.91. The Hall–Kier alpha value is -1.69. The molecule has 36 heavy (non-hydrogen) atoms. The van der Waals surface area contributed by atoms with Crippen molar-refractivity contribution in [2.24, 2.45) is 4.99 Å². The normalized spacial score (nSPS) is 27.1. The fraction of sp³-hybridized carbons (Fsp3) is 0.500. The van der Waals surface area contributed by atoms with Crippen LogP contribution in [0.2, 0.25) is 10.0 Å². The van der Waals surface area contributed by atoms with Gasteiger partial charge >= 0.3 is 0 Å². The highest BCUT2D eigenvalue weighted by Crippen LogP contribution is 2.55. The highest BCUT2D eigenvalue weighted by Gasteiger charge is 2.55. The molecule has 0 saturated carbocycles. The zero-order valence-electron chi connectivity index (χ0n) is 21.4. The maximum atomic E-state index is 6.52. The number of likely N-dealkylation sites (tertiary alicyclic amines) is 1. The number of morpholine rings is 1. The molecular weight excluding hydrogens is 489 g/mol. The van der Waals surface area contributed by atoms with Crippen molar-refractivity contribution in [2.45, 2.75) is 50.5 Å². The Morgan fingerprint density at radius 2 is 1.89 bits per heavy atom. The molecule has 3 heterocycles. The number of ether oxygens (including phenoxy) is 1. The van der Waals surface area contributed by atoms with Crippen molar-refractivity contribution in [3.8, 4) is 0 Å². The zero-order valence-corrected chi connectivity index (χ0v) is 22.9. The Labute approximate surface area is 225 Å². The number of allylic oxidation sites excluding steroid dienone is 1. The summed E-state index contributed by atoms with van der Waals surface area (Å²) in [5.74, 6) is 0.282. The average Bonchev–Trinajstić information content (AvgIpc) is 3.25. The summed E-state index contributed by atoms with van der Waals surface area (Å²) < 4.78 is 5.55. The van der Waals surface area contributed by atoms with Gasteiger partial charge in [0.15, 0.2) is 0 Å². The number of hydrogen-bond acceptors (Lipinski definition) is 4. The van der Waals surface area contributed by atoms with E-state index < -0.39 is 0 Å². The molecule has 4 nitrogen and oxygen atoms in total. The van der Waals surface area contributed by atoms with Crippen LogP contribution in [0.4, 0.5) is 5.69 Å². The predicted octanol–water partition coefficient (Wildman–Crippen LogP) is 6.88. The van der Waals surface area contributed by atoms with E-state index >= 15 is 0 Å². The summed E-state index contributed by atoms with van der Waals surface area (Å²) in [4.78, 5) is 10.3. The summed E-state index contributed by atoms with van der Waals surface area (Å²) in [6.45, 7) is 11.5. The third-order valence-corrected chi connectivity index (χ3v) is 8.82. The molecule has 1 spiro atoms. The first-order valence-electron chi connectivity index (χ1n) is 13.4. The lowest BCUT2D eigenvalue weighted by Gasteiger charge is -2.53. The Morgan fingerprint density at radius 3 is 2.64 bits per heavy atom. The Balaban J connectivity index is 1.55. The van der Waals surface area contributed by atoms with Crippen LogP contribution in [0.15, 0.2) is 59.1 Å². The first kappa shape index (κ1) is 25.9. The van der Waals surface area contributed by atoms with Gasteiger partial charge in [-0.15, -0.1) is 0 Å². The highest BCUT2D eigenvalue weighted by molar-refractivity contribution is 6.31. The smallest absolute Gasteiger partial charge is 0.0683 e. The van der Waals surface area contributed by atoms with E-state index in [9.17, 15) is 0 Å². The Kier molecular flexibility index (Phi) is 8.19. The summed E-state index contributed by atoms with van der Waals surface area (Å²) >= 11 is 12.9. The molecule has 3 aliphatic heterocycles. The van der Waals surface area contributed by atoms with E-state index in [0.717, 1.165) is 80.9 Å². The topological polar surface area (TPSA) is 28.1 Å². The maximum absolute atomic E-state index is 6.52. The van der Waals surface area contributed by atoms with Gasteiger partial charge in [0.2, 0.25) is 0 Å². The number of aliphatic imine (C=N–C) groups is 1. The zero-order chi connectivity index (χ0) is 25.1. The minimum absolute atomic E-state index is 0.237. The molecule has 2 fully saturated rings. The van der Waals surface area contributed by atoms with Crippen molar-refractivity contribution in [3.63, 3.8) is 0 Å². The molecule has 0 aromatic heterocycles. The molecular formula is C30H37Cl2N3O. The molecule has 0 N–H and O–H groups in total. The molecule has 5 rings (SSSR count). The van der Waals surface area contributed by atoms with Crippen LogP contribution in [-0.4, -0.2) is 68.0 Å². The van der Waals surface area contributed by atoms with Gasteiger partial charge in [0.05, 0.1) is 24.3 Å². The second-order valence-electron chi connectivity index (χ2n) is 10.2. The van der Waals surface area contributed by atoms with Crippen LogP contribution in [0.1, 0.15) is 50.2 Å². The van der Waals surface area contributed by atoms with Crippen LogP contribution in [-0.2, 0) is 10.2 Å². The number of hydrogen-bond donors (Lipinski definition) is 0. The first-order chi connectivity index (χ1) is 17.6. The van der Waals surface area contributed by atoms with Crippen molar-refractivity contribution in [1.82, 2.24) is 9.80 Å². The summed E-state index contributed by atoms with van der Waals surface area (Å²) in [5.41, 5.74) is 4.79. The molecule has 192 valence electrons. The molecule has 0 aliphatic carbocycles. The lowest BCUT2D eigenvalue weighted by atomic mass is 9.59. The molecule has 3 atom stereocenters. The minimum Gasteiger partial charge on any atom is -0.379 e. The number of halogens is 2. The van der Waals surface area contributed by atoms with Crippen LogP contribution >= 0.6 is 23.2 Å². The van der Waals surface area contributed by atoms with Gasteiger partial charge in [-0.05, 0) is 74.7 Å². The molecule has 6 heteroatoms. The molecule has 0 bridgehead atoms. The summed E-state index contributed by atoms with van der Waals surface area (Å²) in [5, 5.41) is 1.53. The number of benzene rings is 2. The highest BCUT2D eigenvalue weighted by atomic mass is 35.5. The predicted molar refractivity (Wildman–Crippen MR) is 151 cm³/mol. The standard InChI is InChI=1S/C30H37Cl2N3O/c1-3-22(4-2)29-30(21-33-28-20-25(32)9-10-27(28)30)26(23-7-5-8-24(31)19-23)11-14-35(29)13-6-12-34-15-17-36-18-16-34/h3,5,7-10,19-21,26,29H,4,6,11-18H2,1-2H3/t26-,29+,30-/m0/s1. The SMILES string of the molecule is CC=C(CC)[C@H]1N(CCCN2CCOCC2)CC[C@@H](c2cccc(Cl)c2)[C@]12C=Nc1cc(Cl)ccc12. The van der Waals surface area contributed by atoms with E-state index in [1.807, 2.05) is 18.2 Å². The monoisotopic (exact) mass is 525 g/mol. The van der Waals surface area contributed by atoms with Crippen molar-refractivity contribution in [1.29, 1.82) is 0 Å². The van der Waals surface area contributed by atoms with E-state index in [1.165, 1.54) is 16.7 Å². The van der Waals surface area contributed by atoms with Crippen LogP contribution in [0.25, 0.3) is 0 Å². The average molecular weight is 527 g/mol. The second-order valence-corrected chi connectivity index (χ2v) is 11.1. The number of nitrogens with zero attached hydrogens (tertiary/aromatic N) is 3. The summed E-state index contributed by atoms with van der Waals surface area (Å²) in [6.07, 6.45) is 7.81. The molecule has 2 aromatic rings. The summed E-state index contributed by atoms with van der Waals surface area (Å²) in [7, 11) is 0. The fourth-order valence-electron chi connectivity index (χ4n) is 6.70. The van der Waals surface area contributed by atoms with Gasteiger partial charge in [-0.3, -0.25) is 14.8 Å². The van der Waals surface area contributed by atoms with Gasteiger partial charge in [0.25, 0.3) is 0 Å². The summed E-state index contributed by atoms with van der Waals surface area (Å²) in [6, 6.07) is 15.0. The molecule has 0 unspecified atom stereocenters. The molecule has 3 aliphatic rings. The van der Waals surface area contributed by atoms with Crippen molar-refractivity contribution < 1.29 is 4.74 Å².